The summed E-state index contributed by atoms with van der Waals surface area (Å²) in [5.74, 6) is -0.278. The summed E-state index contributed by atoms with van der Waals surface area (Å²) in [6, 6.07) is 4.41. The van der Waals surface area contributed by atoms with Crippen molar-refractivity contribution in [2.75, 3.05) is 6.54 Å². The lowest BCUT2D eigenvalue weighted by Crippen LogP contribution is -2.36. The van der Waals surface area contributed by atoms with Crippen molar-refractivity contribution in [3.05, 3.63) is 34.6 Å². The number of halogens is 2. The zero-order chi connectivity index (χ0) is 13.0. The largest absolute Gasteiger partial charge is 0.307 e. The Bertz CT molecular complexity index is 428. The molecule has 1 aromatic carbocycles. The van der Waals surface area contributed by atoms with Crippen LogP contribution >= 0.6 is 11.6 Å². The molecule has 98 valence electrons. The molecule has 2 rings (SSSR count). The molecule has 0 aliphatic carbocycles. The summed E-state index contributed by atoms with van der Waals surface area (Å²) in [7, 11) is 0. The maximum Gasteiger partial charge on any atom is 0.154 e. The van der Waals surface area contributed by atoms with E-state index in [4.69, 9.17) is 11.6 Å². The molecule has 1 heterocycles. The van der Waals surface area contributed by atoms with Gasteiger partial charge in [-0.3, -0.25) is 4.79 Å². The number of carbonyl (C=O) groups excluding carboxylic acids is 1. The predicted molar refractivity (Wildman–Crippen MR) is 70.4 cm³/mol. The maximum absolute atomic E-state index is 13.0. The molecule has 1 aliphatic heterocycles. The third kappa shape index (κ3) is 3.53. The van der Waals surface area contributed by atoms with Gasteiger partial charge in [-0.2, -0.15) is 0 Å². The van der Waals surface area contributed by atoms with Crippen LogP contribution < -0.4 is 5.32 Å². The van der Waals surface area contributed by atoms with Crippen molar-refractivity contribution >= 4 is 17.4 Å². The van der Waals surface area contributed by atoms with Gasteiger partial charge in [0.1, 0.15) is 5.82 Å². The van der Waals surface area contributed by atoms with E-state index in [1.54, 1.807) is 6.07 Å². The van der Waals surface area contributed by atoms with Crippen LogP contribution in [0.5, 0.6) is 0 Å². The molecule has 4 heteroatoms. The zero-order valence-electron chi connectivity index (χ0n) is 10.2. The van der Waals surface area contributed by atoms with Gasteiger partial charge in [0.2, 0.25) is 0 Å². The summed E-state index contributed by atoms with van der Waals surface area (Å²) >= 11 is 5.71. The molecule has 1 N–H and O–H groups in total. The molecule has 0 amide bonds. The van der Waals surface area contributed by atoms with Crippen molar-refractivity contribution in [2.45, 2.75) is 38.1 Å². The van der Waals surface area contributed by atoms with E-state index in [2.05, 4.69) is 5.32 Å². The standard InChI is InChI=1S/C14H17ClFNO/c15-11-8-10(5-6-12(11)16)9-14(18)13-4-2-1-3-7-17-13/h5-6,8,13,17H,1-4,7,9H2. The van der Waals surface area contributed by atoms with Crippen molar-refractivity contribution in [3.63, 3.8) is 0 Å². The fourth-order valence-electron chi connectivity index (χ4n) is 2.28. The molecule has 2 nitrogen and oxygen atoms in total. The van der Waals surface area contributed by atoms with Crippen molar-refractivity contribution in [1.82, 2.24) is 5.32 Å². The second kappa shape index (κ2) is 6.30. The number of hydrogen-bond donors (Lipinski definition) is 1. The van der Waals surface area contributed by atoms with Gasteiger partial charge in [-0.15, -0.1) is 0 Å². The van der Waals surface area contributed by atoms with Gasteiger partial charge in [0.25, 0.3) is 0 Å². The first kappa shape index (κ1) is 13.5. The predicted octanol–water partition coefficient (Wildman–Crippen LogP) is 3.12. The highest BCUT2D eigenvalue weighted by atomic mass is 35.5. The number of nitrogens with one attached hydrogen (secondary N) is 1. The molecule has 1 fully saturated rings. The monoisotopic (exact) mass is 269 g/mol. The first-order valence-electron chi connectivity index (χ1n) is 6.37. The molecule has 0 bridgehead atoms. The van der Waals surface area contributed by atoms with Gasteiger partial charge in [0, 0.05) is 6.42 Å². The number of hydrogen-bond acceptors (Lipinski definition) is 2. The van der Waals surface area contributed by atoms with Crippen molar-refractivity contribution in [1.29, 1.82) is 0 Å². The number of ketones is 1. The lowest BCUT2D eigenvalue weighted by atomic mass is 10.0. The Morgan fingerprint density at radius 3 is 3.00 bits per heavy atom. The van der Waals surface area contributed by atoms with Crippen LogP contribution in [0.25, 0.3) is 0 Å². The number of rotatable bonds is 3. The second-order valence-corrected chi connectivity index (χ2v) is 5.15. The Morgan fingerprint density at radius 2 is 2.22 bits per heavy atom. The van der Waals surface area contributed by atoms with Crippen molar-refractivity contribution in [3.8, 4) is 0 Å². The molecule has 0 radical (unpaired) electrons. The van der Waals surface area contributed by atoms with Crippen LogP contribution in [-0.4, -0.2) is 18.4 Å². The van der Waals surface area contributed by atoms with E-state index in [1.165, 1.54) is 18.6 Å². The first-order valence-corrected chi connectivity index (χ1v) is 6.74. The van der Waals surface area contributed by atoms with Crippen LogP contribution in [0.2, 0.25) is 5.02 Å². The minimum absolute atomic E-state index is 0.0590. The lowest BCUT2D eigenvalue weighted by molar-refractivity contribution is -0.120. The molecule has 1 aliphatic rings. The maximum atomic E-state index is 13.0. The van der Waals surface area contributed by atoms with E-state index in [9.17, 15) is 9.18 Å². The molecule has 1 atom stereocenters. The van der Waals surface area contributed by atoms with Crippen LogP contribution in [0.15, 0.2) is 18.2 Å². The topological polar surface area (TPSA) is 29.1 Å². The van der Waals surface area contributed by atoms with E-state index in [1.807, 2.05) is 0 Å². The average Bonchev–Trinajstić information content (AvgIpc) is 2.62. The summed E-state index contributed by atoms with van der Waals surface area (Å²) in [5.41, 5.74) is 0.775. The minimum Gasteiger partial charge on any atom is -0.307 e. The van der Waals surface area contributed by atoms with Crippen LogP contribution in [0.3, 0.4) is 0 Å². The Hall–Kier alpha value is -0.930. The van der Waals surface area contributed by atoms with E-state index >= 15 is 0 Å². The highest BCUT2D eigenvalue weighted by Crippen LogP contribution is 2.18. The first-order chi connectivity index (χ1) is 8.66. The fourth-order valence-corrected chi connectivity index (χ4v) is 2.48. The van der Waals surface area contributed by atoms with Gasteiger partial charge in [0.05, 0.1) is 11.1 Å². The molecular formula is C14H17ClFNO. The highest BCUT2D eigenvalue weighted by Gasteiger charge is 2.19. The van der Waals surface area contributed by atoms with Crippen LogP contribution in [0, 0.1) is 5.82 Å². The Kier molecular flexibility index (Phi) is 4.72. The molecule has 1 unspecified atom stereocenters. The number of benzene rings is 1. The average molecular weight is 270 g/mol. The fraction of sp³-hybridized carbons (Fsp3) is 0.500. The Morgan fingerprint density at radius 1 is 1.39 bits per heavy atom. The molecule has 0 aromatic heterocycles. The SMILES string of the molecule is O=C(Cc1ccc(F)c(Cl)c1)C1CCCCCN1. The lowest BCUT2D eigenvalue weighted by Gasteiger charge is -2.14. The third-order valence-corrected chi connectivity index (χ3v) is 3.60. The van der Waals surface area contributed by atoms with Gasteiger partial charge in [-0.25, -0.2) is 4.39 Å². The van der Waals surface area contributed by atoms with E-state index in [0.29, 0.717) is 6.42 Å². The summed E-state index contributed by atoms with van der Waals surface area (Å²) < 4.78 is 13.0. The highest BCUT2D eigenvalue weighted by molar-refractivity contribution is 6.30. The van der Waals surface area contributed by atoms with E-state index in [0.717, 1.165) is 31.4 Å². The van der Waals surface area contributed by atoms with E-state index in [-0.39, 0.29) is 16.8 Å². The van der Waals surface area contributed by atoms with Crippen LogP contribution in [0.1, 0.15) is 31.2 Å². The normalized spacial score (nSPS) is 20.4. The quantitative estimate of drug-likeness (QED) is 0.913. The molecule has 0 saturated carbocycles. The second-order valence-electron chi connectivity index (χ2n) is 4.75. The Labute approximate surface area is 112 Å². The zero-order valence-corrected chi connectivity index (χ0v) is 11.0. The number of Topliss-reactive ketones (excluding diaryl/α,β-unsaturated/α-hetero) is 1. The van der Waals surface area contributed by atoms with Gasteiger partial charge < -0.3 is 5.32 Å². The van der Waals surface area contributed by atoms with Crippen LogP contribution in [0.4, 0.5) is 4.39 Å². The van der Waals surface area contributed by atoms with Gasteiger partial charge in [-0.05, 0) is 37.1 Å². The molecule has 0 spiro atoms. The third-order valence-electron chi connectivity index (χ3n) is 3.31. The smallest absolute Gasteiger partial charge is 0.154 e. The van der Waals surface area contributed by atoms with Gasteiger partial charge >= 0.3 is 0 Å². The van der Waals surface area contributed by atoms with Crippen molar-refractivity contribution in [2.24, 2.45) is 0 Å². The number of carbonyl (C=O) groups is 1. The summed E-state index contributed by atoms with van der Waals surface area (Å²) in [5, 5.41) is 3.35. The minimum atomic E-state index is -0.444. The molecular weight excluding hydrogens is 253 g/mol. The molecule has 1 saturated heterocycles. The molecule has 18 heavy (non-hydrogen) atoms. The molecule has 1 aromatic rings. The summed E-state index contributed by atoms with van der Waals surface area (Å²) in [4.78, 5) is 12.1. The summed E-state index contributed by atoms with van der Waals surface area (Å²) in [6.45, 7) is 0.903. The van der Waals surface area contributed by atoms with Gasteiger partial charge in [0.15, 0.2) is 5.78 Å². The van der Waals surface area contributed by atoms with Crippen LogP contribution in [-0.2, 0) is 11.2 Å². The van der Waals surface area contributed by atoms with E-state index < -0.39 is 5.82 Å². The van der Waals surface area contributed by atoms with Crippen molar-refractivity contribution < 1.29 is 9.18 Å². The van der Waals surface area contributed by atoms with Gasteiger partial charge in [-0.1, -0.05) is 30.5 Å². The summed E-state index contributed by atoms with van der Waals surface area (Å²) in [6.07, 6.45) is 4.62. The Balaban J connectivity index is 1.99.